The molecule has 0 heterocycles. The van der Waals surface area contributed by atoms with E-state index in [1.165, 1.54) is 43.7 Å². The number of benzene rings is 3. The molecular formula is C21H15BrN4O9S. The molecule has 3 aromatic carbocycles. The third kappa shape index (κ3) is 6.19. The summed E-state index contributed by atoms with van der Waals surface area (Å²) in [5.74, 6) is -0.870. The Morgan fingerprint density at radius 3 is 2.31 bits per heavy atom. The predicted molar refractivity (Wildman–Crippen MR) is 130 cm³/mol. The molecule has 0 radical (unpaired) electrons. The molecule has 1 amide bonds. The van der Waals surface area contributed by atoms with Gasteiger partial charge in [0.25, 0.3) is 17.3 Å². The van der Waals surface area contributed by atoms with E-state index in [1.54, 1.807) is 0 Å². The van der Waals surface area contributed by atoms with Crippen molar-refractivity contribution in [3.8, 4) is 11.5 Å². The molecule has 0 aliphatic carbocycles. The lowest BCUT2D eigenvalue weighted by Crippen LogP contribution is -2.17. The smallest absolute Gasteiger partial charge is 0.339 e. The molecule has 0 saturated carbocycles. The SMILES string of the molecule is COc1cc(/C=N\NC(=O)c2cccc([N+](=O)[O-])c2)cc(Br)c1OS(=O)(=O)c1ccc([N+](=O)[O-])cc1. The van der Waals surface area contributed by atoms with Gasteiger partial charge < -0.3 is 8.92 Å². The highest BCUT2D eigenvalue weighted by molar-refractivity contribution is 9.10. The molecule has 186 valence electrons. The highest BCUT2D eigenvalue weighted by Crippen LogP contribution is 2.38. The number of non-ortho nitro benzene ring substituents is 2. The molecule has 1 N–H and O–H groups in total. The second-order valence-corrected chi connectivity index (χ2v) is 9.23. The first-order valence-corrected chi connectivity index (χ1v) is 11.9. The minimum absolute atomic E-state index is 0.00122. The maximum absolute atomic E-state index is 12.7. The topological polar surface area (TPSA) is 180 Å². The second kappa shape index (κ2) is 10.9. The van der Waals surface area contributed by atoms with Gasteiger partial charge in [-0.3, -0.25) is 25.0 Å². The lowest BCUT2D eigenvalue weighted by molar-refractivity contribution is -0.385. The van der Waals surface area contributed by atoms with Crippen molar-refractivity contribution in [1.29, 1.82) is 0 Å². The lowest BCUT2D eigenvalue weighted by Gasteiger charge is -2.13. The molecule has 0 spiro atoms. The molecule has 0 aromatic heterocycles. The van der Waals surface area contributed by atoms with Gasteiger partial charge in [-0.05, 0) is 51.8 Å². The minimum atomic E-state index is -4.36. The first-order chi connectivity index (χ1) is 17.0. The quantitative estimate of drug-likeness (QED) is 0.171. The van der Waals surface area contributed by atoms with Crippen molar-refractivity contribution in [3.05, 3.63) is 96.5 Å². The van der Waals surface area contributed by atoms with Gasteiger partial charge in [0.2, 0.25) is 0 Å². The van der Waals surface area contributed by atoms with Gasteiger partial charge in [-0.1, -0.05) is 6.07 Å². The Balaban J connectivity index is 1.78. The molecule has 3 rings (SSSR count). The number of ether oxygens (including phenoxy) is 1. The molecule has 0 bridgehead atoms. The van der Waals surface area contributed by atoms with E-state index < -0.39 is 25.9 Å². The van der Waals surface area contributed by atoms with Crippen molar-refractivity contribution in [1.82, 2.24) is 5.43 Å². The van der Waals surface area contributed by atoms with Crippen molar-refractivity contribution in [3.63, 3.8) is 0 Å². The number of hydrazone groups is 1. The molecular weight excluding hydrogens is 564 g/mol. The van der Waals surface area contributed by atoms with Crippen molar-refractivity contribution < 1.29 is 32.0 Å². The van der Waals surface area contributed by atoms with Gasteiger partial charge >= 0.3 is 10.1 Å². The van der Waals surface area contributed by atoms with Crippen molar-refractivity contribution >= 4 is 49.5 Å². The van der Waals surface area contributed by atoms with Gasteiger partial charge in [0.15, 0.2) is 11.5 Å². The van der Waals surface area contributed by atoms with E-state index in [0.29, 0.717) is 5.56 Å². The Kier molecular flexibility index (Phi) is 7.96. The number of amides is 1. The molecule has 0 unspecified atom stereocenters. The first kappa shape index (κ1) is 26.2. The van der Waals surface area contributed by atoms with E-state index in [4.69, 9.17) is 8.92 Å². The van der Waals surface area contributed by atoms with E-state index in [0.717, 1.165) is 30.3 Å². The van der Waals surface area contributed by atoms with Crippen LogP contribution in [0.2, 0.25) is 0 Å². The van der Waals surface area contributed by atoms with E-state index in [-0.39, 0.29) is 37.8 Å². The summed E-state index contributed by atoms with van der Waals surface area (Å²) in [6.07, 6.45) is 1.23. The third-order valence-electron chi connectivity index (χ3n) is 4.48. The van der Waals surface area contributed by atoms with Crippen LogP contribution in [-0.4, -0.2) is 37.5 Å². The van der Waals surface area contributed by atoms with E-state index in [2.05, 4.69) is 26.5 Å². The summed E-state index contributed by atoms with van der Waals surface area (Å²) in [6, 6.07) is 12.1. The number of nitro groups is 2. The second-order valence-electron chi connectivity index (χ2n) is 6.83. The fourth-order valence-corrected chi connectivity index (χ4v) is 4.38. The van der Waals surface area contributed by atoms with Crippen LogP contribution in [-0.2, 0) is 10.1 Å². The molecule has 15 heteroatoms. The Morgan fingerprint density at radius 2 is 1.69 bits per heavy atom. The van der Waals surface area contributed by atoms with E-state index >= 15 is 0 Å². The van der Waals surface area contributed by atoms with Crippen molar-refractivity contribution in [2.24, 2.45) is 5.10 Å². The summed E-state index contributed by atoms with van der Waals surface area (Å²) >= 11 is 3.20. The van der Waals surface area contributed by atoms with Crippen LogP contribution in [0.4, 0.5) is 11.4 Å². The van der Waals surface area contributed by atoms with Crippen LogP contribution in [0.5, 0.6) is 11.5 Å². The summed E-state index contributed by atoms with van der Waals surface area (Å²) in [7, 11) is -3.09. The normalized spacial score (nSPS) is 11.2. The Hall–Kier alpha value is -4.37. The summed E-state index contributed by atoms with van der Waals surface area (Å²) in [5, 5.41) is 25.4. The zero-order valence-electron chi connectivity index (χ0n) is 18.2. The zero-order valence-corrected chi connectivity index (χ0v) is 20.6. The number of methoxy groups -OCH3 is 1. The van der Waals surface area contributed by atoms with Gasteiger partial charge in [0.05, 0.1) is 27.6 Å². The standard InChI is InChI=1S/C21H15BrN4O9S/c1-34-19-10-13(12-23-24-21(27)14-3-2-4-16(11-14)26(30)31)9-18(22)20(19)35-36(32,33)17-7-5-15(6-8-17)25(28)29/h2-12H,1H3,(H,24,27)/b23-12-. The number of carbonyl (C=O) groups is 1. The van der Waals surface area contributed by atoms with Crippen LogP contribution >= 0.6 is 15.9 Å². The highest BCUT2D eigenvalue weighted by Gasteiger charge is 2.23. The van der Waals surface area contributed by atoms with Crippen LogP contribution in [0.3, 0.4) is 0 Å². The third-order valence-corrected chi connectivity index (χ3v) is 6.30. The molecule has 3 aromatic rings. The van der Waals surface area contributed by atoms with Gasteiger partial charge in [0, 0.05) is 29.8 Å². The molecule has 0 saturated heterocycles. The van der Waals surface area contributed by atoms with Crippen molar-refractivity contribution in [2.75, 3.05) is 7.11 Å². The van der Waals surface area contributed by atoms with Crippen LogP contribution < -0.4 is 14.3 Å². The van der Waals surface area contributed by atoms with Gasteiger partial charge in [0.1, 0.15) is 4.90 Å². The van der Waals surface area contributed by atoms with E-state index in [1.807, 2.05) is 0 Å². The van der Waals surface area contributed by atoms with Crippen LogP contribution in [0.25, 0.3) is 0 Å². The number of nitrogens with one attached hydrogen (secondary N) is 1. The number of nitro benzene ring substituents is 2. The summed E-state index contributed by atoms with van der Waals surface area (Å²) in [6.45, 7) is 0. The Bertz CT molecular complexity index is 1480. The predicted octanol–water partition coefficient (Wildman–Crippen LogP) is 3.81. The molecule has 0 fully saturated rings. The summed E-state index contributed by atoms with van der Waals surface area (Å²) in [5.41, 5.74) is 2.10. The number of carbonyl (C=O) groups excluding carboxylic acids is 1. The average molecular weight is 579 g/mol. The Labute approximate surface area is 211 Å². The molecule has 13 nitrogen and oxygen atoms in total. The number of nitrogens with zero attached hydrogens (tertiary/aromatic N) is 3. The van der Waals surface area contributed by atoms with Crippen LogP contribution in [0.15, 0.2) is 75.1 Å². The number of hydrogen-bond acceptors (Lipinski definition) is 10. The van der Waals surface area contributed by atoms with Crippen LogP contribution in [0.1, 0.15) is 15.9 Å². The molecule has 0 atom stereocenters. The number of rotatable bonds is 9. The van der Waals surface area contributed by atoms with E-state index in [9.17, 15) is 33.4 Å². The molecule has 0 aliphatic rings. The largest absolute Gasteiger partial charge is 0.493 e. The number of hydrogen-bond donors (Lipinski definition) is 1. The van der Waals surface area contributed by atoms with Gasteiger partial charge in [-0.2, -0.15) is 13.5 Å². The summed E-state index contributed by atoms with van der Waals surface area (Å²) < 4.78 is 35.9. The molecule has 36 heavy (non-hydrogen) atoms. The fraction of sp³-hybridized carbons (Fsp3) is 0.0476. The molecule has 0 aliphatic heterocycles. The number of halogens is 1. The minimum Gasteiger partial charge on any atom is -0.493 e. The fourth-order valence-electron chi connectivity index (χ4n) is 2.78. The lowest BCUT2D eigenvalue weighted by atomic mass is 10.2. The van der Waals surface area contributed by atoms with Gasteiger partial charge in [-0.15, -0.1) is 0 Å². The first-order valence-electron chi connectivity index (χ1n) is 9.66. The Morgan fingerprint density at radius 1 is 1.03 bits per heavy atom. The average Bonchev–Trinajstić information content (AvgIpc) is 2.85. The van der Waals surface area contributed by atoms with Gasteiger partial charge in [-0.25, -0.2) is 5.43 Å². The van der Waals surface area contributed by atoms with Crippen molar-refractivity contribution in [2.45, 2.75) is 4.90 Å². The monoisotopic (exact) mass is 578 g/mol. The highest BCUT2D eigenvalue weighted by atomic mass is 79.9. The maximum Gasteiger partial charge on any atom is 0.339 e. The summed E-state index contributed by atoms with van der Waals surface area (Å²) in [4.78, 5) is 32.2. The zero-order chi connectivity index (χ0) is 26.5. The van der Waals surface area contributed by atoms with Crippen LogP contribution in [0, 0.1) is 20.2 Å². The maximum atomic E-state index is 12.7.